The van der Waals surface area contributed by atoms with Gasteiger partial charge in [-0.25, -0.2) is 0 Å². The van der Waals surface area contributed by atoms with Crippen molar-refractivity contribution in [1.29, 1.82) is 0 Å². The average Bonchev–Trinajstić information content (AvgIpc) is 2.62. The normalized spacial score (nSPS) is 28.0. The lowest BCUT2D eigenvalue weighted by Crippen LogP contribution is -2.55. The van der Waals surface area contributed by atoms with Gasteiger partial charge < -0.3 is 9.80 Å². The second-order valence-electron chi connectivity index (χ2n) is 8.08. The van der Waals surface area contributed by atoms with E-state index in [0.29, 0.717) is 11.8 Å². The molecule has 1 unspecified atom stereocenters. The van der Waals surface area contributed by atoms with Gasteiger partial charge in [0.2, 0.25) is 5.91 Å². The number of piperazine rings is 1. The summed E-state index contributed by atoms with van der Waals surface area (Å²) in [5.41, 5.74) is 0. The molecule has 23 heavy (non-hydrogen) atoms. The van der Waals surface area contributed by atoms with Crippen LogP contribution in [0.4, 0.5) is 0 Å². The van der Waals surface area contributed by atoms with Gasteiger partial charge in [0, 0.05) is 38.1 Å². The number of likely N-dealkylation sites (tertiary alicyclic amines) is 1. The summed E-state index contributed by atoms with van der Waals surface area (Å²) < 4.78 is 0. The Hall–Kier alpha value is -0.610. The van der Waals surface area contributed by atoms with Crippen molar-refractivity contribution in [2.45, 2.75) is 57.9 Å². The van der Waals surface area contributed by atoms with E-state index in [9.17, 15) is 4.79 Å². The second-order valence-corrected chi connectivity index (χ2v) is 8.08. The molecule has 1 amide bonds. The molecule has 1 saturated carbocycles. The first-order valence-corrected chi connectivity index (χ1v) is 9.86. The molecule has 1 aliphatic carbocycles. The molecule has 1 atom stereocenters. The third-order valence-corrected chi connectivity index (χ3v) is 6.58. The van der Waals surface area contributed by atoms with Crippen molar-refractivity contribution in [2.75, 3.05) is 46.3 Å². The van der Waals surface area contributed by atoms with E-state index in [2.05, 4.69) is 28.7 Å². The Morgan fingerprint density at radius 3 is 2.09 bits per heavy atom. The Morgan fingerprint density at radius 1 is 0.870 bits per heavy atom. The van der Waals surface area contributed by atoms with Crippen LogP contribution in [-0.4, -0.2) is 73.0 Å². The molecule has 0 spiro atoms. The van der Waals surface area contributed by atoms with Gasteiger partial charge in [0.25, 0.3) is 0 Å². The minimum Gasteiger partial charge on any atom is -0.340 e. The SMILES string of the molecule is CC(C(=O)N1CCN(C2CCN(C)CC2)CC1)C1CCCCC1. The van der Waals surface area contributed by atoms with E-state index in [1.165, 1.54) is 58.0 Å². The molecule has 0 bridgehead atoms. The van der Waals surface area contributed by atoms with Crippen LogP contribution < -0.4 is 0 Å². The van der Waals surface area contributed by atoms with Crippen molar-refractivity contribution in [2.24, 2.45) is 11.8 Å². The van der Waals surface area contributed by atoms with Gasteiger partial charge in [0.1, 0.15) is 0 Å². The number of piperidine rings is 1. The Balaban J connectivity index is 1.45. The molecule has 2 heterocycles. The van der Waals surface area contributed by atoms with Crippen molar-refractivity contribution < 1.29 is 4.79 Å². The summed E-state index contributed by atoms with van der Waals surface area (Å²) >= 11 is 0. The average molecular weight is 322 g/mol. The van der Waals surface area contributed by atoms with E-state index in [0.717, 1.165) is 32.2 Å². The lowest BCUT2D eigenvalue weighted by Gasteiger charge is -2.43. The van der Waals surface area contributed by atoms with Crippen molar-refractivity contribution in [3.05, 3.63) is 0 Å². The van der Waals surface area contributed by atoms with Crippen LogP contribution in [0.15, 0.2) is 0 Å². The van der Waals surface area contributed by atoms with Gasteiger partial charge >= 0.3 is 0 Å². The predicted molar refractivity (Wildman–Crippen MR) is 94.4 cm³/mol. The first-order chi connectivity index (χ1) is 11.1. The highest BCUT2D eigenvalue weighted by Crippen LogP contribution is 2.31. The highest BCUT2D eigenvalue weighted by Gasteiger charge is 2.32. The van der Waals surface area contributed by atoms with E-state index in [1.54, 1.807) is 0 Å². The number of carbonyl (C=O) groups excluding carboxylic acids is 1. The van der Waals surface area contributed by atoms with E-state index < -0.39 is 0 Å². The fourth-order valence-electron chi connectivity index (χ4n) is 4.79. The molecule has 0 radical (unpaired) electrons. The lowest BCUT2D eigenvalue weighted by atomic mass is 9.80. The Bertz CT molecular complexity index is 378. The Morgan fingerprint density at radius 2 is 1.48 bits per heavy atom. The van der Waals surface area contributed by atoms with Crippen LogP contribution in [0, 0.1) is 11.8 Å². The monoisotopic (exact) mass is 321 g/mol. The van der Waals surface area contributed by atoms with Gasteiger partial charge in [-0.1, -0.05) is 26.2 Å². The molecule has 4 heteroatoms. The first kappa shape index (κ1) is 17.2. The lowest BCUT2D eigenvalue weighted by molar-refractivity contribution is -0.139. The maximum Gasteiger partial charge on any atom is 0.225 e. The molecule has 3 aliphatic rings. The van der Waals surface area contributed by atoms with E-state index in [4.69, 9.17) is 0 Å². The van der Waals surface area contributed by atoms with Gasteiger partial charge in [-0.2, -0.15) is 0 Å². The summed E-state index contributed by atoms with van der Waals surface area (Å²) in [4.78, 5) is 20.1. The van der Waals surface area contributed by atoms with Crippen LogP contribution in [0.2, 0.25) is 0 Å². The fraction of sp³-hybridized carbons (Fsp3) is 0.947. The summed E-state index contributed by atoms with van der Waals surface area (Å²) in [6, 6.07) is 0.749. The number of amides is 1. The summed E-state index contributed by atoms with van der Waals surface area (Å²) in [6.45, 7) is 8.69. The van der Waals surface area contributed by atoms with Crippen molar-refractivity contribution in [3.8, 4) is 0 Å². The highest BCUT2D eigenvalue weighted by molar-refractivity contribution is 5.79. The van der Waals surface area contributed by atoms with Gasteiger partial charge in [0.05, 0.1) is 0 Å². The quantitative estimate of drug-likeness (QED) is 0.799. The summed E-state index contributed by atoms with van der Waals surface area (Å²) in [6.07, 6.45) is 9.14. The zero-order valence-electron chi connectivity index (χ0n) is 15.2. The molecule has 132 valence electrons. The summed E-state index contributed by atoms with van der Waals surface area (Å²) in [5.74, 6) is 1.31. The number of nitrogens with zero attached hydrogens (tertiary/aromatic N) is 3. The Labute approximate surface area is 142 Å². The Kier molecular flexibility index (Phi) is 5.97. The maximum atomic E-state index is 12.8. The maximum absolute atomic E-state index is 12.8. The van der Waals surface area contributed by atoms with Gasteiger partial charge in [0.15, 0.2) is 0 Å². The molecule has 2 aliphatic heterocycles. The third kappa shape index (κ3) is 4.27. The number of hydrogen-bond acceptors (Lipinski definition) is 3. The minimum absolute atomic E-state index is 0.241. The van der Waals surface area contributed by atoms with Crippen LogP contribution in [0.1, 0.15) is 51.9 Å². The summed E-state index contributed by atoms with van der Waals surface area (Å²) in [7, 11) is 2.22. The molecule has 3 rings (SSSR count). The van der Waals surface area contributed by atoms with Crippen LogP contribution in [-0.2, 0) is 4.79 Å². The number of carbonyl (C=O) groups is 1. The number of hydrogen-bond donors (Lipinski definition) is 0. The van der Waals surface area contributed by atoms with Crippen molar-refractivity contribution in [3.63, 3.8) is 0 Å². The van der Waals surface area contributed by atoms with E-state index >= 15 is 0 Å². The van der Waals surface area contributed by atoms with Crippen LogP contribution in [0.25, 0.3) is 0 Å². The fourth-order valence-corrected chi connectivity index (χ4v) is 4.79. The van der Waals surface area contributed by atoms with Gasteiger partial charge in [-0.3, -0.25) is 9.69 Å². The van der Waals surface area contributed by atoms with Gasteiger partial charge in [-0.05, 0) is 51.7 Å². The molecule has 0 aromatic rings. The van der Waals surface area contributed by atoms with Crippen LogP contribution in [0.3, 0.4) is 0 Å². The molecule has 0 aromatic heterocycles. The number of rotatable bonds is 3. The van der Waals surface area contributed by atoms with Crippen molar-refractivity contribution in [1.82, 2.24) is 14.7 Å². The standard InChI is InChI=1S/C19H35N3O/c1-16(17-6-4-3-5-7-17)19(23)22-14-12-21(13-15-22)18-8-10-20(2)11-9-18/h16-18H,3-15H2,1-2H3. The first-order valence-electron chi connectivity index (χ1n) is 9.86. The molecule has 0 N–H and O–H groups in total. The van der Waals surface area contributed by atoms with Crippen LogP contribution >= 0.6 is 0 Å². The van der Waals surface area contributed by atoms with Crippen molar-refractivity contribution >= 4 is 5.91 Å². The zero-order chi connectivity index (χ0) is 16.2. The van der Waals surface area contributed by atoms with Crippen LogP contribution in [0.5, 0.6) is 0 Å². The van der Waals surface area contributed by atoms with E-state index in [-0.39, 0.29) is 5.92 Å². The largest absolute Gasteiger partial charge is 0.340 e. The zero-order valence-corrected chi connectivity index (χ0v) is 15.2. The second kappa shape index (κ2) is 7.98. The molecule has 3 fully saturated rings. The third-order valence-electron chi connectivity index (χ3n) is 6.58. The molecule has 4 nitrogen and oxygen atoms in total. The molecule has 0 aromatic carbocycles. The topological polar surface area (TPSA) is 26.8 Å². The summed E-state index contributed by atoms with van der Waals surface area (Å²) in [5, 5.41) is 0. The molecular formula is C19H35N3O. The molecular weight excluding hydrogens is 286 g/mol. The highest BCUT2D eigenvalue weighted by atomic mass is 16.2. The molecule has 2 saturated heterocycles. The smallest absolute Gasteiger partial charge is 0.225 e. The minimum atomic E-state index is 0.241. The predicted octanol–water partition coefficient (Wildman–Crippen LogP) is 2.44. The van der Waals surface area contributed by atoms with E-state index in [1.807, 2.05) is 0 Å². The van der Waals surface area contributed by atoms with Gasteiger partial charge in [-0.15, -0.1) is 0 Å².